The van der Waals surface area contributed by atoms with Crippen molar-refractivity contribution < 1.29 is 24.2 Å². The molecule has 134 valence electrons. The summed E-state index contributed by atoms with van der Waals surface area (Å²) < 4.78 is 5.03. The van der Waals surface area contributed by atoms with Crippen molar-refractivity contribution in [2.75, 3.05) is 0 Å². The fraction of sp³-hybridized carbons (Fsp3) is 0.176. The van der Waals surface area contributed by atoms with Crippen LogP contribution >= 0.6 is 0 Å². The molecule has 0 spiro atoms. The minimum Gasteiger partial charge on any atom is -0.451 e. The Hall–Kier alpha value is -3.62. The Morgan fingerprint density at radius 2 is 1.46 bits per heavy atom. The average Bonchev–Trinajstić information content (AvgIpc) is 2.61. The Bertz CT molecular complexity index is 858. The van der Waals surface area contributed by atoms with Gasteiger partial charge in [0.05, 0.1) is 15.4 Å². The largest absolute Gasteiger partial charge is 0.451 e. The number of carbonyl (C=O) groups excluding carboxylic acids is 2. The monoisotopic (exact) mass is 358 g/mol. The van der Waals surface area contributed by atoms with E-state index in [1.807, 2.05) is 0 Å². The van der Waals surface area contributed by atoms with Gasteiger partial charge in [0.2, 0.25) is 5.78 Å². The highest BCUT2D eigenvalue weighted by Crippen LogP contribution is 2.29. The molecule has 0 aliphatic rings. The highest BCUT2D eigenvalue weighted by molar-refractivity contribution is 6.01. The molecular formula is C17H14N2O7. The topological polar surface area (TPSA) is 130 Å². The fourth-order valence-electron chi connectivity index (χ4n) is 2.30. The van der Waals surface area contributed by atoms with Crippen LogP contribution in [0.15, 0.2) is 42.5 Å². The van der Waals surface area contributed by atoms with E-state index in [1.54, 1.807) is 30.3 Å². The number of nitrogens with zero attached hydrogens (tertiary/aromatic N) is 2. The third-order valence-electron chi connectivity index (χ3n) is 3.69. The SMILES string of the molecule is Cc1c([N+](=O)[O-])cc(C(=O)O[C@H](C)C(=O)c2ccccc2)cc1[N+](=O)[O-]. The first-order valence-corrected chi connectivity index (χ1v) is 7.46. The number of Topliss-reactive ketones (excluding diaryl/α,β-unsaturated/α-hetero) is 1. The van der Waals surface area contributed by atoms with Crippen molar-refractivity contribution >= 4 is 23.1 Å². The fourth-order valence-corrected chi connectivity index (χ4v) is 2.30. The Balaban J connectivity index is 2.30. The molecule has 2 rings (SSSR count). The van der Waals surface area contributed by atoms with Crippen molar-refractivity contribution in [2.45, 2.75) is 20.0 Å². The molecule has 0 saturated heterocycles. The van der Waals surface area contributed by atoms with Gasteiger partial charge in [0.25, 0.3) is 11.4 Å². The number of rotatable bonds is 6. The van der Waals surface area contributed by atoms with Gasteiger partial charge in [-0.1, -0.05) is 30.3 Å². The Labute approximate surface area is 147 Å². The number of nitro groups is 2. The molecule has 0 N–H and O–H groups in total. The molecule has 2 aromatic rings. The van der Waals surface area contributed by atoms with Crippen LogP contribution in [0.1, 0.15) is 33.2 Å². The van der Waals surface area contributed by atoms with E-state index < -0.39 is 39.1 Å². The molecule has 0 heterocycles. The van der Waals surface area contributed by atoms with E-state index in [4.69, 9.17) is 4.74 Å². The summed E-state index contributed by atoms with van der Waals surface area (Å²) in [5, 5.41) is 22.1. The van der Waals surface area contributed by atoms with E-state index in [9.17, 15) is 29.8 Å². The lowest BCUT2D eigenvalue weighted by molar-refractivity contribution is -0.395. The van der Waals surface area contributed by atoms with Gasteiger partial charge in [0.15, 0.2) is 6.10 Å². The standard InChI is InChI=1S/C17H14N2O7/c1-10-14(18(22)23)8-13(9-15(10)19(24)25)17(21)26-11(2)16(20)12-6-4-3-5-7-12/h3-9,11H,1-2H3/t11-/m1/s1. The summed E-state index contributed by atoms with van der Waals surface area (Å²) in [7, 11) is 0. The molecule has 0 bridgehead atoms. The Morgan fingerprint density at radius 3 is 1.92 bits per heavy atom. The number of esters is 1. The first kappa shape index (κ1) is 18.7. The molecular weight excluding hydrogens is 344 g/mol. The van der Waals surface area contributed by atoms with Crippen LogP contribution in [0.4, 0.5) is 11.4 Å². The number of hydrogen-bond acceptors (Lipinski definition) is 7. The van der Waals surface area contributed by atoms with Crippen LogP contribution in [0.5, 0.6) is 0 Å². The van der Waals surface area contributed by atoms with E-state index in [2.05, 4.69) is 0 Å². The van der Waals surface area contributed by atoms with E-state index in [0.29, 0.717) is 5.56 Å². The van der Waals surface area contributed by atoms with Gasteiger partial charge in [-0.25, -0.2) is 4.79 Å². The minimum absolute atomic E-state index is 0.176. The summed E-state index contributed by atoms with van der Waals surface area (Å²) in [4.78, 5) is 44.9. The van der Waals surface area contributed by atoms with Gasteiger partial charge >= 0.3 is 5.97 Å². The number of ketones is 1. The second-order valence-electron chi connectivity index (χ2n) is 5.43. The zero-order valence-electron chi connectivity index (χ0n) is 13.9. The van der Waals surface area contributed by atoms with E-state index in [1.165, 1.54) is 13.8 Å². The van der Waals surface area contributed by atoms with Crippen molar-refractivity contribution in [2.24, 2.45) is 0 Å². The first-order valence-electron chi connectivity index (χ1n) is 7.46. The average molecular weight is 358 g/mol. The molecule has 2 aromatic carbocycles. The summed E-state index contributed by atoms with van der Waals surface area (Å²) in [5.74, 6) is -1.52. The summed E-state index contributed by atoms with van der Waals surface area (Å²) in [6, 6.07) is 9.90. The lowest BCUT2D eigenvalue weighted by atomic mass is 10.1. The highest BCUT2D eigenvalue weighted by atomic mass is 16.6. The lowest BCUT2D eigenvalue weighted by Crippen LogP contribution is -2.24. The van der Waals surface area contributed by atoms with Gasteiger partial charge in [-0.05, 0) is 13.8 Å². The molecule has 9 heteroatoms. The Kier molecular flexibility index (Phi) is 5.41. The van der Waals surface area contributed by atoms with Crippen molar-refractivity contribution in [3.05, 3.63) is 79.4 Å². The molecule has 0 aliphatic heterocycles. The number of hydrogen-bond donors (Lipinski definition) is 0. The molecule has 26 heavy (non-hydrogen) atoms. The van der Waals surface area contributed by atoms with E-state index in [-0.39, 0.29) is 11.1 Å². The van der Waals surface area contributed by atoms with E-state index in [0.717, 1.165) is 12.1 Å². The molecule has 0 amide bonds. The zero-order valence-corrected chi connectivity index (χ0v) is 13.9. The summed E-state index contributed by atoms with van der Waals surface area (Å²) in [5.41, 5.74) is -1.37. The van der Waals surface area contributed by atoms with Crippen molar-refractivity contribution in [3.63, 3.8) is 0 Å². The van der Waals surface area contributed by atoms with Crippen LogP contribution in [0, 0.1) is 27.2 Å². The van der Waals surface area contributed by atoms with Gasteiger partial charge in [-0.3, -0.25) is 25.0 Å². The summed E-state index contributed by atoms with van der Waals surface area (Å²) >= 11 is 0. The minimum atomic E-state index is -1.16. The zero-order chi connectivity index (χ0) is 19.4. The quantitative estimate of drug-likeness (QED) is 0.335. The molecule has 0 aromatic heterocycles. The lowest BCUT2D eigenvalue weighted by Gasteiger charge is -2.12. The van der Waals surface area contributed by atoms with Crippen LogP contribution in [0.3, 0.4) is 0 Å². The molecule has 0 aliphatic carbocycles. The molecule has 1 atom stereocenters. The van der Waals surface area contributed by atoms with Crippen LogP contribution in [-0.2, 0) is 4.74 Å². The summed E-state index contributed by atoms with van der Waals surface area (Å²) in [6.45, 7) is 2.57. The third-order valence-corrected chi connectivity index (χ3v) is 3.69. The number of benzene rings is 2. The van der Waals surface area contributed by atoms with Gasteiger partial charge < -0.3 is 4.74 Å². The van der Waals surface area contributed by atoms with Crippen LogP contribution in [0.25, 0.3) is 0 Å². The normalized spacial score (nSPS) is 11.5. The molecule has 9 nitrogen and oxygen atoms in total. The molecule has 0 saturated carbocycles. The van der Waals surface area contributed by atoms with Crippen LogP contribution < -0.4 is 0 Å². The molecule has 0 radical (unpaired) electrons. The predicted molar refractivity (Wildman–Crippen MR) is 90.1 cm³/mol. The molecule has 0 unspecified atom stereocenters. The van der Waals surface area contributed by atoms with Crippen molar-refractivity contribution in [1.82, 2.24) is 0 Å². The number of carbonyl (C=O) groups is 2. The maximum absolute atomic E-state index is 12.2. The van der Waals surface area contributed by atoms with Crippen molar-refractivity contribution in [3.8, 4) is 0 Å². The second kappa shape index (κ2) is 7.51. The van der Waals surface area contributed by atoms with Crippen LogP contribution in [0.2, 0.25) is 0 Å². The van der Waals surface area contributed by atoms with Gasteiger partial charge in [0.1, 0.15) is 5.56 Å². The first-order chi connectivity index (χ1) is 12.2. The third kappa shape index (κ3) is 3.89. The summed E-state index contributed by atoms with van der Waals surface area (Å²) in [6.07, 6.45) is -1.16. The van der Waals surface area contributed by atoms with Crippen LogP contribution in [-0.4, -0.2) is 27.7 Å². The maximum atomic E-state index is 12.2. The smallest absolute Gasteiger partial charge is 0.339 e. The van der Waals surface area contributed by atoms with Gasteiger partial charge in [-0.15, -0.1) is 0 Å². The number of ether oxygens (including phenoxy) is 1. The van der Waals surface area contributed by atoms with Gasteiger partial charge in [-0.2, -0.15) is 0 Å². The van der Waals surface area contributed by atoms with Crippen molar-refractivity contribution in [1.29, 1.82) is 0 Å². The number of nitro benzene ring substituents is 2. The predicted octanol–water partition coefficient (Wildman–Crippen LogP) is 3.24. The van der Waals surface area contributed by atoms with Gasteiger partial charge in [0, 0.05) is 17.7 Å². The molecule has 0 fully saturated rings. The highest BCUT2D eigenvalue weighted by Gasteiger charge is 2.27. The van der Waals surface area contributed by atoms with E-state index >= 15 is 0 Å². The second-order valence-corrected chi connectivity index (χ2v) is 5.43. The maximum Gasteiger partial charge on any atom is 0.339 e. The Morgan fingerprint density at radius 1 is 0.962 bits per heavy atom.